The number of benzene rings is 1. The van der Waals surface area contributed by atoms with Crippen LogP contribution in [0.5, 0.6) is 0 Å². The molecule has 0 radical (unpaired) electrons. The van der Waals surface area contributed by atoms with Gasteiger partial charge < -0.3 is 11.1 Å². The monoisotopic (exact) mass is 437 g/mol. The average molecular weight is 438 g/mol. The fraction of sp³-hybridized carbons (Fsp3) is 0.500. The molecule has 0 aliphatic heterocycles. The molecular formula is C14H21BrIN3. The lowest BCUT2D eigenvalue weighted by atomic mass is 9.96. The molecule has 1 saturated carbocycles. The van der Waals surface area contributed by atoms with Crippen molar-refractivity contribution in [3.63, 3.8) is 0 Å². The fourth-order valence-corrected chi connectivity index (χ4v) is 2.71. The Bertz CT molecular complexity index is 417. The summed E-state index contributed by atoms with van der Waals surface area (Å²) < 4.78 is 1.08. The number of guanidine groups is 1. The highest BCUT2D eigenvalue weighted by Crippen LogP contribution is 2.18. The molecule has 106 valence electrons. The average Bonchev–Trinajstić information content (AvgIpc) is 2.39. The van der Waals surface area contributed by atoms with Crippen molar-refractivity contribution in [2.75, 3.05) is 0 Å². The van der Waals surface area contributed by atoms with Crippen LogP contribution in [0.3, 0.4) is 0 Å². The summed E-state index contributed by atoms with van der Waals surface area (Å²) in [4.78, 5) is 4.40. The van der Waals surface area contributed by atoms with Crippen LogP contribution in [0.4, 0.5) is 0 Å². The van der Waals surface area contributed by atoms with Gasteiger partial charge in [0.25, 0.3) is 0 Å². The van der Waals surface area contributed by atoms with Gasteiger partial charge in [-0.15, -0.1) is 24.0 Å². The molecular weight excluding hydrogens is 417 g/mol. The van der Waals surface area contributed by atoms with E-state index in [1.54, 1.807) is 0 Å². The lowest BCUT2D eigenvalue weighted by molar-refractivity contribution is 0.412. The lowest BCUT2D eigenvalue weighted by Gasteiger charge is -2.23. The molecule has 0 heterocycles. The Labute approximate surface area is 140 Å². The first kappa shape index (κ1) is 16.8. The zero-order valence-corrected chi connectivity index (χ0v) is 14.9. The maximum absolute atomic E-state index is 5.93. The maximum atomic E-state index is 5.93. The summed E-state index contributed by atoms with van der Waals surface area (Å²) in [5, 5.41) is 3.32. The minimum Gasteiger partial charge on any atom is -0.370 e. The number of nitrogens with zero attached hydrogens (tertiary/aromatic N) is 1. The van der Waals surface area contributed by atoms with Crippen LogP contribution in [0, 0.1) is 0 Å². The quantitative estimate of drug-likeness (QED) is 0.429. The molecule has 1 aliphatic carbocycles. The highest BCUT2D eigenvalue weighted by molar-refractivity contribution is 14.0. The highest BCUT2D eigenvalue weighted by atomic mass is 127. The first-order valence-electron chi connectivity index (χ1n) is 6.55. The predicted octanol–water partition coefficient (Wildman–Crippen LogP) is 3.80. The van der Waals surface area contributed by atoms with Crippen molar-refractivity contribution in [3.8, 4) is 0 Å². The third-order valence-electron chi connectivity index (χ3n) is 3.33. The minimum atomic E-state index is 0. The summed E-state index contributed by atoms with van der Waals surface area (Å²) in [5.74, 6) is 0.567. The summed E-state index contributed by atoms with van der Waals surface area (Å²) in [6.45, 7) is 0.618. The van der Waals surface area contributed by atoms with Gasteiger partial charge in [-0.1, -0.05) is 53.4 Å². The van der Waals surface area contributed by atoms with Crippen LogP contribution in [-0.2, 0) is 6.54 Å². The third kappa shape index (κ3) is 5.69. The number of halogens is 2. The van der Waals surface area contributed by atoms with E-state index in [-0.39, 0.29) is 24.0 Å². The van der Waals surface area contributed by atoms with Crippen molar-refractivity contribution >= 4 is 45.9 Å². The van der Waals surface area contributed by atoms with Crippen LogP contribution in [0.2, 0.25) is 0 Å². The largest absolute Gasteiger partial charge is 0.370 e. The molecule has 1 fully saturated rings. The van der Waals surface area contributed by atoms with E-state index in [1.165, 1.54) is 32.1 Å². The van der Waals surface area contributed by atoms with E-state index in [9.17, 15) is 0 Å². The molecule has 0 bridgehead atoms. The molecule has 5 heteroatoms. The van der Waals surface area contributed by atoms with Gasteiger partial charge >= 0.3 is 0 Å². The maximum Gasteiger partial charge on any atom is 0.189 e. The molecule has 0 amide bonds. The van der Waals surface area contributed by atoms with Crippen LogP contribution in [-0.4, -0.2) is 12.0 Å². The smallest absolute Gasteiger partial charge is 0.189 e. The van der Waals surface area contributed by atoms with Gasteiger partial charge in [0.15, 0.2) is 5.96 Å². The predicted molar refractivity (Wildman–Crippen MR) is 94.9 cm³/mol. The second-order valence-corrected chi connectivity index (χ2v) is 5.63. The number of hydrogen-bond donors (Lipinski definition) is 2. The Morgan fingerprint density at radius 3 is 2.63 bits per heavy atom. The first-order valence-corrected chi connectivity index (χ1v) is 7.35. The lowest BCUT2D eigenvalue weighted by Crippen LogP contribution is -2.41. The standard InChI is InChI=1S/C14H20BrN3.HI/c15-13-9-5-4-6-11(13)10-17-14(16)18-12-7-2-1-3-8-12;/h4-6,9,12H,1-3,7-8,10H2,(H3,16,17,18);1H. The van der Waals surface area contributed by atoms with Crippen molar-refractivity contribution < 1.29 is 0 Å². The van der Waals surface area contributed by atoms with Crippen molar-refractivity contribution in [1.82, 2.24) is 5.32 Å². The van der Waals surface area contributed by atoms with Crippen molar-refractivity contribution in [1.29, 1.82) is 0 Å². The van der Waals surface area contributed by atoms with E-state index in [0.717, 1.165) is 10.0 Å². The second-order valence-electron chi connectivity index (χ2n) is 4.77. The van der Waals surface area contributed by atoms with E-state index >= 15 is 0 Å². The SMILES string of the molecule is I.NC(=NCc1ccccc1Br)NC1CCCCC1. The summed E-state index contributed by atoms with van der Waals surface area (Å²) >= 11 is 3.51. The number of hydrogen-bond acceptors (Lipinski definition) is 1. The van der Waals surface area contributed by atoms with Gasteiger partial charge in [-0.3, -0.25) is 0 Å². The molecule has 3 nitrogen and oxygen atoms in total. The van der Waals surface area contributed by atoms with Gasteiger partial charge in [0, 0.05) is 10.5 Å². The van der Waals surface area contributed by atoms with Gasteiger partial charge in [-0.05, 0) is 24.5 Å². The highest BCUT2D eigenvalue weighted by Gasteiger charge is 2.13. The summed E-state index contributed by atoms with van der Waals surface area (Å²) in [5.41, 5.74) is 7.08. The number of nitrogens with two attached hydrogens (primary N) is 1. The molecule has 0 unspecified atom stereocenters. The van der Waals surface area contributed by atoms with Gasteiger partial charge in [0.2, 0.25) is 0 Å². The second kappa shape index (κ2) is 8.79. The molecule has 1 aliphatic rings. The van der Waals surface area contributed by atoms with Crippen molar-refractivity contribution in [3.05, 3.63) is 34.3 Å². The number of rotatable bonds is 3. The molecule has 0 aromatic heterocycles. The zero-order chi connectivity index (χ0) is 12.8. The molecule has 2 rings (SSSR count). The van der Waals surface area contributed by atoms with Crippen LogP contribution in [0.1, 0.15) is 37.7 Å². The van der Waals surface area contributed by atoms with E-state index < -0.39 is 0 Å². The van der Waals surface area contributed by atoms with Gasteiger partial charge in [-0.2, -0.15) is 0 Å². The van der Waals surface area contributed by atoms with Gasteiger partial charge in [-0.25, -0.2) is 4.99 Å². The van der Waals surface area contributed by atoms with Crippen LogP contribution < -0.4 is 11.1 Å². The third-order valence-corrected chi connectivity index (χ3v) is 4.11. The number of nitrogens with one attached hydrogen (secondary N) is 1. The van der Waals surface area contributed by atoms with E-state index in [0.29, 0.717) is 18.5 Å². The molecule has 19 heavy (non-hydrogen) atoms. The Balaban J connectivity index is 0.00000180. The molecule has 0 atom stereocenters. The first-order chi connectivity index (χ1) is 8.75. The van der Waals surface area contributed by atoms with Gasteiger partial charge in [0.1, 0.15) is 0 Å². The molecule has 1 aromatic rings. The van der Waals surface area contributed by atoms with E-state index in [4.69, 9.17) is 5.73 Å². The summed E-state index contributed by atoms with van der Waals surface area (Å²) in [6.07, 6.45) is 6.38. The fourth-order valence-electron chi connectivity index (χ4n) is 2.30. The topological polar surface area (TPSA) is 50.4 Å². The normalized spacial score (nSPS) is 16.8. The molecule has 0 spiro atoms. The Morgan fingerprint density at radius 1 is 1.26 bits per heavy atom. The van der Waals surface area contributed by atoms with Crippen molar-refractivity contribution in [2.45, 2.75) is 44.7 Å². The summed E-state index contributed by atoms with van der Waals surface area (Å²) in [6, 6.07) is 8.61. The Kier molecular flexibility index (Phi) is 7.75. The summed E-state index contributed by atoms with van der Waals surface area (Å²) in [7, 11) is 0. The van der Waals surface area contributed by atoms with Crippen LogP contribution in [0.15, 0.2) is 33.7 Å². The number of aliphatic imine (C=N–C) groups is 1. The van der Waals surface area contributed by atoms with Crippen LogP contribution in [0.25, 0.3) is 0 Å². The minimum absolute atomic E-state index is 0. The van der Waals surface area contributed by atoms with Crippen LogP contribution >= 0.6 is 39.9 Å². The van der Waals surface area contributed by atoms with Crippen molar-refractivity contribution in [2.24, 2.45) is 10.7 Å². The Hall–Kier alpha value is -0.300. The molecule has 1 aromatic carbocycles. The molecule has 0 saturated heterocycles. The van der Waals surface area contributed by atoms with Gasteiger partial charge in [0.05, 0.1) is 6.54 Å². The zero-order valence-electron chi connectivity index (χ0n) is 10.9. The van der Waals surface area contributed by atoms with E-state index in [1.807, 2.05) is 18.2 Å². The molecule has 3 N–H and O–H groups in total. The Morgan fingerprint density at radius 2 is 1.95 bits per heavy atom. The van der Waals surface area contributed by atoms with E-state index in [2.05, 4.69) is 32.3 Å².